The lowest BCUT2D eigenvalue weighted by atomic mass is 10.2. The minimum atomic E-state index is -0.292. The van der Waals surface area contributed by atoms with Crippen molar-refractivity contribution in [2.45, 2.75) is 11.1 Å². The van der Waals surface area contributed by atoms with E-state index >= 15 is 0 Å². The largest absolute Gasteiger partial charge is 0.493 e. The predicted octanol–water partition coefficient (Wildman–Crippen LogP) is 1.37. The third kappa shape index (κ3) is 4.43. The first-order valence-corrected chi connectivity index (χ1v) is 9.68. The van der Waals surface area contributed by atoms with Crippen molar-refractivity contribution in [3.05, 3.63) is 30.1 Å². The molecule has 1 atom stereocenters. The minimum absolute atomic E-state index is 0.104. The number of thiocarbonyl (C=S) groups is 1. The average Bonchev–Trinajstić information content (AvgIpc) is 3.18. The summed E-state index contributed by atoms with van der Waals surface area (Å²) in [6.45, 7) is -0.104. The van der Waals surface area contributed by atoms with Crippen LogP contribution in [0.15, 0.2) is 29.6 Å². The summed E-state index contributed by atoms with van der Waals surface area (Å²) in [4.78, 5) is 15.9. The smallest absolute Gasteiger partial charge is 0.223 e. The Bertz CT molecular complexity index is 981. The number of anilines is 1. The molecule has 0 amide bonds. The highest BCUT2D eigenvalue weighted by Crippen LogP contribution is 2.28. The van der Waals surface area contributed by atoms with Gasteiger partial charge in [0.15, 0.2) is 17.1 Å². The lowest BCUT2D eigenvalue weighted by molar-refractivity contribution is 0.266. The van der Waals surface area contributed by atoms with Crippen molar-refractivity contribution in [2.24, 2.45) is 0 Å². The molecule has 2 aromatic heterocycles. The molecule has 148 valence electrons. The number of nitrogen functional groups attached to an aromatic ring is 1. The van der Waals surface area contributed by atoms with Crippen LogP contribution in [0.1, 0.15) is 5.56 Å². The number of rotatable bonds is 8. The number of hydrogen-bond donors (Lipinski definition) is 4. The topological polar surface area (TPSA) is 131 Å². The fraction of sp³-hybridized carbons (Fsp3) is 0.294. The molecular formula is C17H20N6O3S2. The van der Waals surface area contributed by atoms with Crippen LogP contribution in [0.5, 0.6) is 11.5 Å². The predicted molar refractivity (Wildman–Crippen MR) is 112 cm³/mol. The molecule has 0 aliphatic carbocycles. The van der Waals surface area contributed by atoms with Gasteiger partial charge in [-0.2, -0.15) is 4.98 Å². The summed E-state index contributed by atoms with van der Waals surface area (Å²) in [5.41, 5.74) is 7.71. The van der Waals surface area contributed by atoms with E-state index in [1.54, 1.807) is 26.4 Å². The van der Waals surface area contributed by atoms with Crippen molar-refractivity contribution in [2.75, 3.05) is 32.3 Å². The number of aliphatic hydroxyl groups is 1. The van der Waals surface area contributed by atoms with Crippen molar-refractivity contribution in [3.8, 4) is 11.5 Å². The Balaban J connectivity index is 1.68. The maximum Gasteiger partial charge on any atom is 0.223 e. The number of hydrogen-bond acceptors (Lipinski definition) is 9. The quantitative estimate of drug-likeness (QED) is 0.241. The maximum atomic E-state index is 9.75. The molecule has 2 heterocycles. The number of nitrogens with two attached hydrogens (primary N) is 1. The number of H-pyrrole nitrogens is 1. The van der Waals surface area contributed by atoms with Crippen LogP contribution in [0.25, 0.3) is 11.2 Å². The summed E-state index contributed by atoms with van der Waals surface area (Å²) >= 11 is 6.90. The van der Waals surface area contributed by atoms with Gasteiger partial charge < -0.3 is 30.6 Å². The van der Waals surface area contributed by atoms with E-state index in [1.807, 2.05) is 6.07 Å². The van der Waals surface area contributed by atoms with Crippen molar-refractivity contribution in [1.82, 2.24) is 25.3 Å². The second kappa shape index (κ2) is 9.04. The number of aromatic amines is 1. The molecule has 0 unspecified atom stereocenters. The highest BCUT2D eigenvalue weighted by Gasteiger charge is 2.16. The van der Waals surface area contributed by atoms with Gasteiger partial charge in [0, 0.05) is 11.3 Å². The van der Waals surface area contributed by atoms with Gasteiger partial charge in [-0.1, -0.05) is 12.2 Å². The second-order valence-electron chi connectivity index (χ2n) is 5.72. The Morgan fingerprint density at radius 2 is 2.11 bits per heavy atom. The van der Waals surface area contributed by atoms with Gasteiger partial charge >= 0.3 is 0 Å². The number of aliphatic hydroxyl groups excluding tert-OH is 1. The summed E-state index contributed by atoms with van der Waals surface area (Å²) in [5, 5.41) is 13.6. The van der Waals surface area contributed by atoms with Crippen LogP contribution >= 0.6 is 24.0 Å². The second-order valence-corrected chi connectivity index (χ2v) is 7.14. The molecular weight excluding hydrogens is 400 g/mol. The number of imidazole rings is 1. The van der Waals surface area contributed by atoms with E-state index in [0.29, 0.717) is 38.4 Å². The van der Waals surface area contributed by atoms with Gasteiger partial charge in [0.1, 0.15) is 15.5 Å². The maximum absolute atomic E-state index is 9.75. The van der Waals surface area contributed by atoms with Gasteiger partial charge in [0.25, 0.3) is 0 Å². The van der Waals surface area contributed by atoms with Gasteiger partial charge in [0.05, 0.1) is 33.2 Å². The van der Waals surface area contributed by atoms with Crippen LogP contribution < -0.4 is 20.5 Å². The van der Waals surface area contributed by atoms with Crippen molar-refractivity contribution < 1.29 is 14.6 Å². The SMILES string of the molecule is COc1ccc(C(=S)N[C@@H](CO)CSc2nc(N)nc3nc[nH]c23)cc1OC. The fourth-order valence-corrected chi connectivity index (χ4v) is 3.79. The first-order valence-electron chi connectivity index (χ1n) is 8.28. The molecule has 11 heteroatoms. The zero-order valence-corrected chi connectivity index (χ0v) is 16.9. The molecule has 1 aromatic carbocycles. The summed E-state index contributed by atoms with van der Waals surface area (Å²) in [6.07, 6.45) is 1.54. The molecule has 0 saturated heterocycles. The number of nitrogens with one attached hydrogen (secondary N) is 2. The van der Waals surface area contributed by atoms with Crippen molar-refractivity contribution >= 4 is 46.1 Å². The summed E-state index contributed by atoms with van der Waals surface area (Å²) in [7, 11) is 3.14. The molecule has 0 radical (unpaired) electrons. The van der Waals surface area contributed by atoms with E-state index in [0.717, 1.165) is 5.56 Å². The Morgan fingerprint density at radius 3 is 2.82 bits per heavy atom. The zero-order chi connectivity index (χ0) is 20.1. The van der Waals surface area contributed by atoms with Gasteiger partial charge in [-0.3, -0.25) is 0 Å². The molecule has 28 heavy (non-hydrogen) atoms. The van der Waals surface area contributed by atoms with Crippen molar-refractivity contribution in [1.29, 1.82) is 0 Å². The monoisotopic (exact) mass is 420 g/mol. The van der Waals surface area contributed by atoms with E-state index < -0.39 is 0 Å². The van der Waals surface area contributed by atoms with E-state index in [1.165, 1.54) is 18.1 Å². The number of thioether (sulfide) groups is 1. The lowest BCUT2D eigenvalue weighted by Crippen LogP contribution is -2.38. The summed E-state index contributed by atoms with van der Waals surface area (Å²) in [5.74, 6) is 1.86. The highest BCUT2D eigenvalue weighted by atomic mass is 32.2. The zero-order valence-electron chi connectivity index (χ0n) is 15.3. The molecule has 0 saturated carbocycles. The van der Waals surface area contributed by atoms with Gasteiger partial charge in [-0.15, -0.1) is 11.8 Å². The molecule has 3 rings (SSSR count). The third-order valence-corrected chi connectivity index (χ3v) is 5.38. The molecule has 0 aliphatic rings. The lowest BCUT2D eigenvalue weighted by Gasteiger charge is -2.18. The highest BCUT2D eigenvalue weighted by molar-refractivity contribution is 7.99. The van der Waals surface area contributed by atoms with Gasteiger partial charge in [-0.25, -0.2) is 9.97 Å². The number of benzene rings is 1. The number of nitrogens with zero attached hydrogens (tertiary/aromatic N) is 3. The minimum Gasteiger partial charge on any atom is -0.493 e. The molecule has 5 N–H and O–H groups in total. The standard InChI is InChI=1S/C17H20N6O3S2/c1-25-11-4-3-9(5-12(11)26-2)15(27)21-10(6-24)7-28-16-13-14(20-8-19-13)22-17(18)23-16/h3-5,8,10,24H,6-7H2,1-2H3,(H,21,27)(H3,18,19,20,22,23)/t10-/m0/s1. The number of aromatic nitrogens is 4. The van der Waals surface area contributed by atoms with Crippen LogP contribution in [0.4, 0.5) is 5.95 Å². The molecule has 0 fully saturated rings. The number of methoxy groups -OCH3 is 2. The number of fused-ring (bicyclic) bond motifs is 1. The molecule has 0 bridgehead atoms. The summed E-state index contributed by atoms with van der Waals surface area (Å²) < 4.78 is 10.5. The molecule has 9 nitrogen and oxygen atoms in total. The van der Waals surface area contributed by atoms with E-state index in [2.05, 4.69) is 25.3 Å². The molecule has 0 spiro atoms. The Labute approximate surface area is 171 Å². The van der Waals surface area contributed by atoms with Gasteiger partial charge in [-0.05, 0) is 18.2 Å². The third-order valence-electron chi connectivity index (χ3n) is 3.89. The Morgan fingerprint density at radius 1 is 1.32 bits per heavy atom. The fourth-order valence-electron chi connectivity index (χ4n) is 2.49. The van der Waals surface area contributed by atoms with Gasteiger partial charge in [0.2, 0.25) is 5.95 Å². The normalized spacial score (nSPS) is 12.0. The van der Waals surface area contributed by atoms with Crippen LogP contribution in [-0.4, -0.2) is 62.7 Å². The first-order chi connectivity index (χ1) is 13.5. The Kier molecular flexibility index (Phi) is 6.49. The Hall–Kier alpha value is -2.63. The van der Waals surface area contributed by atoms with E-state index in [-0.39, 0.29) is 18.6 Å². The van der Waals surface area contributed by atoms with Crippen LogP contribution in [0.3, 0.4) is 0 Å². The molecule has 0 aliphatic heterocycles. The van der Waals surface area contributed by atoms with Crippen LogP contribution in [0.2, 0.25) is 0 Å². The average molecular weight is 421 g/mol. The van der Waals surface area contributed by atoms with Crippen LogP contribution in [-0.2, 0) is 0 Å². The first kappa shape index (κ1) is 20.1. The summed E-state index contributed by atoms with van der Waals surface area (Å²) in [6, 6.07) is 5.11. The van der Waals surface area contributed by atoms with Crippen molar-refractivity contribution in [3.63, 3.8) is 0 Å². The molecule has 3 aromatic rings. The van der Waals surface area contributed by atoms with E-state index in [9.17, 15) is 5.11 Å². The number of ether oxygens (including phenoxy) is 2. The van der Waals surface area contributed by atoms with E-state index in [4.69, 9.17) is 27.4 Å². The van der Waals surface area contributed by atoms with Crippen LogP contribution in [0, 0.1) is 0 Å².